The van der Waals surface area contributed by atoms with Gasteiger partial charge in [-0.2, -0.15) is 0 Å². The number of aromatic nitrogens is 1. The van der Waals surface area contributed by atoms with Crippen LogP contribution in [0.5, 0.6) is 0 Å². The molecule has 2 unspecified atom stereocenters. The lowest BCUT2D eigenvalue weighted by molar-refractivity contribution is 0.581. The first-order chi connectivity index (χ1) is 6.43. The van der Waals surface area contributed by atoms with Gasteiger partial charge in [-0.25, -0.2) is 0 Å². The Morgan fingerprint density at radius 3 is 3.54 bits per heavy atom. The lowest BCUT2D eigenvalue weighted by Gasteiger charge is -2.15. The Bertz CT molecular complexity index is 342. The molecule has 68 valence electrons. The van der Waals surface area contributed by atoms with Crippen molar-refractivity contribution < 1.29 is 0 Å². The van der Waals surface area contributed by atoms with Gasteiger partial charge in [0, 0.05) is 36.3 Å². The van der Waals surface area contributed by atoms with Crippen molar-refractivity contribution in [2.75, 3.05) is 0 Å². The summed E-state index contributed by atoms with van der Waals surface area (Å²) in [4.78, 5) is 0. The van der Waals surface area contributed by atoms with Crippen molar-refractivity contribution in [1.82, 2.24) is 9.88 Å². The highest BCUT2D eigenvalue weighted by atomic mass is 32.2. The summed E-state index contributed by atoms with van der Waals surface area (Å²) in [6, 6.07) is 4.90. The maximum atomic E-state index is 3.56. The number of fused-ring (bicyclic) bond motifs is 2. The van der Waals surface area contributed by atoms with Crippen LogP contribution in [0, 0.1) is 0 Å². The first kappa shape index (κ1) is 7.71. The molecule has 0 saturated heterocycles. The standard InChI is InChI=1S/C10H12N2S/c1-2-8-6-11-9-3-5-13-10(9)7-12(8)4-1/h1-5,9-11H,6-7H2. The Hall–Kier alpha value is -0.670. The van der Waals surface area contributed by atoms with Gasteiger partial charge in [-0.1, -0.05) is 6.08 Å². The average Bonchev–Trinajstić information content (AvgIpc) is 2.72. The van der Waals surface area contributed by atoms with Crippen molar-refractivity contribution in [3.63, 3.8) is 0 Å². The third-order valence-corrected chi connectivity index (χ3v) is 3.87. The predicted molar refractivity (Wildman–Crippen MR) is 55.6 cm³/mol. The highest BCUT2D eigenvalue weighted by Crippen LogP contribution is 2.28. The van der Waals surface area contributed by atoms with Gasteiger partial charge < -0.3 is 9.88 Å². The average molecular weight is 192 g/mol. The van der Waals surface area contributed by atoms with Gasteiger partial charge in [0.2, 0.25) is 0 Å². The molecule has 13 heavy (non-hydrogen) atoms. The summed E-state index contributed by atoms with van der Waals surface area (Å²) in [7, 11) is 0. The number of nitrogens with zero attached hydrogens (tertiary/aromatic N) is 1. The number of thioether (sulfide) groups is 1. The van der Waals surface area contributed by atoms with Crippen LogP contribution in [0.15, 0.2) is 29.8 Å². The van der Waals surface area contributed by atoms with Crippen LogP contribution in [-0.2, 0) is 13.1 Å². The van der Waals surface area contributed by atoms with Crippen molar-refractivity contribution in [2.45, 2.75) is 24.4 Å². The Morgan fingerprint density at radius 1 is 1.54 bits per heavy atom. The minimum atomic E-state index is 0.574. The van der Waals surface area contributed by atoms with Crippen LogP contribution in [0.2, 0.25) is 0 Å². The summed E-state index contributed by atoms with van der Waals surface area (Å²) < 4.78 is 2.36. The van der Waals surface area contributed by atoms with E-state index in [0.29, 0.717) is 11.3 Å². The van der Waals surface area contributed by atoms with E-state index < -0.39 is 0 Å². The molecule has 1 aromatic rings. The molecule has 0 radical (unpaired) electrons. The summed E-state index contributed by atoms with van der Waals surface area (Å²) >= 11 is 1.94. The zero-order valence-electron chi connectivity index (χ0n) is 7.31. The fourth-order valence-corrected chi connectivity index (χ4v) is 3.06. The van der Waals surface area contributed by atoms with E-state index in [0.717, 1.165) is 13.1 Å². The predicted octanol–water partition coefficient (Wildman–Crippen LogP) is 1.59. The molecule has 2 aliphatic rings. The van der Waals surface area contributed by atoms with E-state index in [1.165, 1.54) is 5.69 Å². The Kier molecular flexibility index (Phi) is 1.73. The third-order valence-electron chi connectivity index (χ3n) is 2.76. The maximum absolute atomic E-state index is 3.56. The van der Waals surface area contributed by atoms with E-state index in [2.05, 4.69) is 39.7 Å². The van der Waals surface area contributed by atoms with E-state index in [1.807, 2.05) is 11.8 Å². The maximum Gasteiger partial charge on any atom is 0.0457 e. The molecule has 0 aromatic carbocycles. The molecule has 0 saturated carbocycles. The first-order valence-electron chi connectivity index (χ1n) is 4.63. The zero-order valence-corrected chi connectivity index (χ0v) is 8.13. The van der Waals surface area contributed by atoms with Gasteiger partial charge in [-0.05, 0) is 17.5 Å². The molecule has 3 rings (SSSR count). The molecular weight excluding hydrogens is 180 g/mol. The van der Waals surface area contributed by atoms with Gasteiger partial charge in [0.05, 0.1) is 0 Å². The summed E-state index contributed by atoms with van der Waals surface area (Å²) in [5, 5.41) is 6.46. The van der Waals surface area contributed by atoms with Crippen LogP contribution in [0.25, 0.3) is 0 Å². The largest absolute Gasteiger partial charge is 0.349 e. The number of hydrogen-bond acceptors (Lipinski definition) is 2. The van der Waals surface area contributed by atoms with Crippen LogP contribution in [0.1, 0.15) is 5.69 Å². The van der Waals surface area contributed by atoms with Crippen LogP contribution in [-0.4, -0.2) is 15.9 Å². The smallest absolute Gasteiger partial charge is 0.0457 e. The molecule has 0 spiro atoms. The van der Waals surface area contributed by atoms with E-state index in [4.69, 9.17) is 0 Å². The summed E-state index contributed by atoms with van der Waals surface area (Å²) in [5.41, 5.74) is 1.41. The number of hydrogen-bond donors (Lipinski definition) is 1. The van der Waals surface area contributed by atoms with E-state index >= 15 is 0 Å². The fourth-order valence-electron chi connectivity index (χ4n) is 2.00. The molecule has 0 aliphatic carbocycles. The van der Waals surface area contributed by atoms with Crippen LogP contribution in [0.4, 0.5) is 0 Å². The van der Waals surface area contributed by atoms with Gasteiger partial charge >= 0.3 is 0 Å². The van der Waals surface area contributed by atoms with Crippen molar-refractivity contribution >= 4 is 11.8 Å². The van der Waals surface area contributed by atoms with Crippen molar-refractivity contribution in [3.05, 3.63) is 35.5 Å². The van der Waals surface area contributed by atoms with Crippen LogP contribution < -0.4 is 5.32 Å². The Balaban J connectivity index is 1.92. The molecule has 2 nitrogen and oxygen atoms in total. The molecule has 3 heteroatoms. The summed E-state index contributed by atoms with van der Waals surface area (Å²) in [5.74, 6) is 0. The van der Waals surface area contributed by atoms with Crippen LogP contribution >= 0.6 is 11.8 Å². The van der Waals surface area contributed by atoms with Gasteiger partial charge in [0.25, 0.3) is 0 Å². The Labute approximate surface area is 82.0 Å². The summed E-state index contributed by atoms with van der Waals surface area (Å²) in [6.45, 7) is 2.14. The molecule has 0 bridgehead atoms. The van der Waals surface area contributed by atoms with Crippen LogP contribution in [0.3, 0.4) is 0 Å². The second kappa shape index (κ2) is 2.93. The molecule has 0 fully saturated rings. The summed E-state index contributed by atoms with van der Waals surface area (Å²) in [6.07, 6.45) is 4.46. The van der Waals surface area contributed by atoms with E-state index in [9.17, 15) is 0 Å². The molecule has 2 aliphatic heterocycles. The quantitative estimate of drug-likeness (QED) is 0.672. The van der Waals surface area contributed by atoms with Gasteiger partial charge in [-0.3, -0.25) is 0 Å². The number of nitrogens with one attached hydrogen (secondary N) is 1. The monoisotopic (exact) mass is 192 g/mol. The van der Waals surface area contributed by atoms with Crippen molar-refractivity contribution in [2.24, 2.45) is 0 Å². The van der Waals surface area contributed by atoms with Crippen molar-refractivity contribution in [1.29, 1.82) is 0 Å². The number of rotatable bonds is 0. The Morgan fingerprint density at radius 2 is 2.54 bits per heavy atom. The SMILES string of the molecule is C1=CC2NCc3cccn3CC2S1. The van der Waals surface area contributed by atoms with E-state index in [1.54, 1.807) is 0 Å². The molecule has 3 heterocycles. The molecular formula is C10H12N2S. The fraction of sp³-hybridized carbons (Fsp3) is 0.400. The second-order valence-corrected chi connectivity index (χ2v) is 4.71. The third kappa shape index (κ3) is 1.23. The van der Waals surface area contributed by atoms with Crippen molar-refractivity contribution in [3.8, 4) is 0 Å². The van der Waals surface area contributed by atoms with E-state index in [-0.39, 0.29) is 0 Å². The second-order valence-electron chi connectivity index (χ2n) is 3.56. The topological polar surface area (TPSA) is 17.0 Å². The molecule has 2 atom stereocenters. The first-order valence-corrected chi connectivity index (χ1v) is 5.57. The van der Waals surface area contributed by atoms with Gasteiger partial charge in [0.15, 0.2) is 0 Å². The lowest BCUT2D eigenvalue weighted by atomic mass is 10.2. The molecule has 1 N–H and O–H groups in total. The minimum Gasteiger partial charge on any atom is -0.349 e. The normalized spacial score (nSPS) is 31.1. The van der Waals surface area contributed by atoms with Gasteiger partial charge in [-0.15, -0.1) is 11.8 Å². The zero-order chi connectivity index (χ0) is 8.67. The molecule has 0 amide bonds. The molecule has 1 aromatic heterocycles. The lowest BCUT2D eigenvalue weighted by Crippen LogP contribution is -2.32. The highest BCUT2D eigenvalue weighted by Gasteiger charge is 2.26. The highest BCUT2D eigenvalue weighted by molar-refractivity contribution is 8.03. The van der Waals surface area contributed by atoms with Gasteiger partial charge in [0.1, 0.15) is 0 Å². The minimum absolute atomic E-state index is 0.574.